The Kier molecular flexibility index (Phi) is 5.10. The maximum absolute atomic E-state index is 8.82. The zero-order chi connectivity index (χ0) is 13.8. The minimum atomic E-state index is 0.0721. The standard InChI is InChI=1S/C12H12BrCl2N3O/c13-9-1-2-10(12(15)11(9)14)16-5-8-6-17-18(7-8)3-4-19/h1-2,6-7,16,19H,3-5H2. The van der Waals surface area contributed by atoms with E-state index in [4.69, 9.17) is 28.3 Å². The molecule has 19 heavy (non-hydrogen) atoms. The van der Waals surface area contributed by atoms with Crippen molar-refractivity contribution < 1.29 is 5.11 Å². The number of hydrogen-bond acceptors (Lipinski definition) is 3. The molecule has 0 saturated carbocycles. The van der Waals surface area contributed by atoms with Gasteiger partial charge >= 0.3 is 0 Å². The Morgan fingerprint density at radius 2 is 2.11 bits per heavy atom. The highest BCUT2D eigenvalue weighted by molar-refractivity contribution is 9.10. The fourth-order valence-corrected chi connectivity index (χ4v) is 2.42. The molecule has 0 aliphatic heterocycles. The summed E-state index contributed by atoms with van der Waals surface area (Å²) in [5.41, 5.74) is 1.77. The predicted octanol–water partition coefficient (Wildman–Crippen LogP) is 3.56. The van der Waals surface area contributed by atoms with E-state index in [0.29, 0.717) is 23.1 Å². The second-order valence-electron chi connectivity index (χ2n) is 3.91. The van der Waals surface area contributed by atoms with Gasteiger partial charge in [-0.2, -0.15) is 5.10 Å². The number of anilines is 1. The molecule has 0 fully saturated rings. The molecule has 0 radical (unpaired) electrons. The van der Waals surface area contributed by atoms with E-state index in [9.17, 15) is 0 Å². The zero-order valence-corrected chi connectivity index (χ0v) is 13.0. The molecule has 0 atom stereocenters. The number of aliphatic hydroxyl groups excluding tert-OH is 1. The number of rotatable bonds is 5. The molecule has 0 spiro atoms. The van der Waals surface area contributed by atoms with Gasteiger partial charge in [-0.15, -0.1) is 0 Å². The van der Waals surface area contributed by atoms with Crippen LogP contribution in [0.3, 0.4) is 0 Å². The summed E-state index contributed by atoms with van der Waals surface area (Å²) < 4.78 is 2.45. The van der Waals surface area contributed by atoms with Crippen LogP contribution in [-0.2, 0) is 13.1 Å². The summed E-state index contributed by atoms with van der Waals surface area (Å²) in [6, 6.07) is 3.70. The van der Waals surface area contributed by atoms with Crippen molar-refractivity contribution in [3.8, 4) is 0 Å². The highest BCUT2D eigenvalue weighted by Crippen LogP contribution is 2.35. The molecule has 2 rings (SSSR count). The Labute approximate surface area is 129 Å². The summed E-state index contributed by atoms with van der Waals surface area (Å²) in [5, 5.41) is 17.1. The van der Waals surface area contributed by atoms with Crippen molar-refractivity contribution in [2.24, 2.45) is 0 Å². The Morgan fingerprint density at radius 1 is 1.32 bits per heavy atom. The molecule has 1 aromatic heterocycles. The van der Waals surface area contributed by atoms with Crippen LogP contribution in [0.5, 0.6) is 0 Å². The average Bonchev–Trinajstić information content (AvgIpc) is 2.83. The molecule has 0 amide bonds. The van der Waals surface area contributed by atoms with Gasteiger partial charge in [0, 0.05) is 22.8 Å². The monoisotopic (exact) mass is 363 g/mol. The van der Waals surface area contributed by atoms with Gasteiger partial charge < -0.3 is 10.4 Å². The second-order valence-corrected chi connectivity index (χ2v) is 5.52. The number of hydrogen-bond donors (Lipinski definition) is 2. The van der Waals surface area contributed by atoms with E-state index < -0.39 is 0 Å². The molecule has 7 heteroatoms. The number of nitrogens with zero attached hydrogens (tertiary/aromatic N) is 2. The number of aliphatic hydroxyl groups is 1. The number of aromatic nitrogens is 2. The van der Waals surface area contributed by atoms with Crippen molar-refractivity contribution in [3.05, 3.63) is 44.6 Å². The smallest absolute Gasteiger partial charge is 0.0835 e. The van der Waals surface area contributed by atoms with Gasteiger partial charge in [0.1, 0.15) is 0 Å². The van der Waals surface area contributed by atoms with Crippen molar-refractivity contribution in [3.63, 3.8) is 0 Å². The van der Waals surface area contributed by atoms with Crippen molar-refractivity contribution in [2.75, 3.05) is 11.9 Å². The highest BCUT2D eigenvalue weighted by Gasteiger charge is 2.08. The zero-order valence-electron chi connectivity index (χ0n) is 9.91. The van der Waals surface area contributed by atoms with Gasteiger partial charge in [0.2, 0.25) is 0 Å². The predicted molar refractivity (Wildman–Crippen MR) is 80.8 cm³/mol. The third kappa shape index (κ3) is 3.63. The van der Waals surface area contributed by atoms with Gasteiger partial charge in [-0.05, 0) is 28.1 Å². The van der Waals surface area contributed by atoms with Gasteiger partial charge in [0.25, 0.3) is 0 Å². The minimum Gasteiger partial charge on any atom is -0.394 e. The van der Waals surface area contributed by atoms with E-state index in [1.807, 2.05) is 18.3 Å². The first kappa shape index (κ1) is 14.7. The lowest BCUT2D eigenvalue weighted by molar-refractivity contribution is 0.269. The molecule has 0 aliphatic carbocycles. The molecule has 2 aromatic rings. The van der Waals surface area contributed by atoms with Crippen LogP contribution < -0.4 is 5.32 Å². The first-order chi connectivity index (χ1) is 9.11. The van der Waals surface area contributed by atoms with Crippen LogP contribution in [0, 0.1) is 0 Å². The lowest BCUT2D eigenvalue weighted by atomic mass is 10.3. The Balaban J connectivity index is 2.04. The van der Waals surface area contributed by atoms with Crippen LogP contribution >= 0.6 is 39.1 Å². The first-order valence-electron chi connectivity index (χ1n) is 5.61. The van der Waals surface area contributed by atoms with Crippen molar-refractivity contribution in [2.45, 2.75) is 13.1 Å². The van der Waals surface area contributed by atoms with Gasteiger partial charge in [-0.25, -0.2) is 0 Å². The molecular weight excluding hydrogens is 353 g/mol. The molecule has 1 aromatic carbocycles. The maximum Gasteiger partial charge on any atom is 0.0835 e. The fourth-order valence-electron chi connectivity index (χ4n) is 1.58. The van der Waals surface area contributed by atoms with Crippen LogP contribution in [0.4, 0.5) is 5.69 Å². The quantitative estimate of drug-likeness (QED) is 0.797. The number of halogens is 3. The summed E-state index contributed by atoms with van der Waals surface area (Å²) in [5.74, 6) is 0. The molecule has 1 heterocycles. The second kappa shape index (κ2) is 6.61. The highest BCUT2D eigenvalue weighted by atomic mass is 79.9. The van der Waals surface area contributed by atoms with Gasteiger partial charge in [-0.3, -0.25) is 4.68 Å². The average molecular weight is 365 g/mol. The van der Waals surface area contributed by atoms with E-state index in [0.717, 1.165) is 15.7 Å². The molecule has 0 saturated heterocycles. The van der Waals surface area contributed by atoms with Crippen molar-refractivity contribution >= 4 is 44.8 Å². The summed E-state index contributed by atoms with van der Waals surface area (Å²) in [7, 11) is 0. The van der Waals surface area contributed by atoms with Crippen LogP contribution in [0.25, 0.3) is 0 Å². The van der Waals surface area contributed by atoms with Gasteiger partial charge in [0.05, 0.1) is 35.1 Å². The van der Waals surface area contributed by atoms with Crippen LogP contribution in [0.2, 0.25) is 10.0 Å². The lowest BCUT2D eigenvalue weighted by Crippen LogP contribution is -2.02. The van der Waals surface area contributed by atoms with E-state index in [2.05, 4.69) is 26.3 Å². The third-order valence-corrected chi connectivity index (χ3v) is 4.30. The van der Waals surface area contributed by atoms with Gasteiger partial charge in [-0.1, -0.05) is 23.2 Å². The molecule has 0 aliphatic rings. The molecule has 2 N–H and O–H groups in total. The number of benzene rings is 1. The lowest BCUT2D eigenvalue weighted by Gasteiger charge is -2.09. The summed E-state index contributed by atoms with van der Waals surface area (Å²) in [6.45, 7) is 1.15. The molecule has 0 bridgehead atoms. The SMILES string of the molecule is OCCn1cc(CNc2ccc(Br)c(Cl)c2Cl)cn1. The largest absolute Gasteiger partial charge is 0.394 e. The first-order valence-corrected chi connectivity index (χ1v) is 7.16. The topological polar surface area (TPSA) is 50.1 Å². The van der Waals surface area contributed by atoms with E-state index in [1.54, 1.807) is 10.9 Å². The Bertz CT molecular complexity index is 574. The van der Waals surface area contributed by atoms with Crippen molar-refractivity contribution in [1.82, 2.24) is 9.78 Å². The van der Waals surface area contributed by atoms with Crippen LogP contribution in [-0.4, -0.2) is 21.5 Å². The fraction of sp³-hybridized carbons (Fsp3) is 0.250. The molecular formula is C12H12BrCl2N3O. The van der Waals surface area contributed by atoms with Crippen LogP contribution in [0.1, 0.15) is 5.56 Å². The maximum atomic E-state index is 8.82. The molecule has 4 nitrogen and oxygen atoms in total. The minimum absolute atomic E-state index is 0.0721. The Morgan fingerprint density at radius 3 is 2.84 bits per heavy atom. The normalized spacial score (nSPS) is 10.7. The number of nitrogens with one attached hydrogen (secondary N) is 1. The Hall–Kier alpha value is -0.750. The van der Waals surface area contributed by atoms with E-state index in [-0.39, 0.29) is 6.61 Å². The van der Waals surface area contributed by atoms with Gasteiger partial charge in [0.15, 0.2) is 0 Å². The third-order valence-electron chi connectivity index (χ3n) is 2.53. The summed E-state index contributed by atoms with van der Waals surface area (Å²) in [6.07, 6.45) is 3.62. The van der Waals surface area contributed by atoms with E-state index >= 15 is 0 Å². The van der Waals surface area contributed by atoms with Crippen molar-refractivity contribution in [1.29, 1.82) is 0 Å². The summed E-state index contributed by atoms with van der Waals surface area (Å²) >= 11 is 15.5. The molecule has 102 valence electrons. The summed E-state index contributed by atoms with van der Waals surface area (Å²) in [4.78, 5) is 0. The van der Waals surface area contributed by atoms with E-state index in [1.165, 1.54) is 0 Å². The molecule has 0 unspecified atom stereocenters. The van der Waals surface area contributed by atoms with Crippen LogP contribution in [0.15, 0.2) is 29.0 Å².